The Labute approximate surface area is 51.6 Å². The van der Waals surface area contributed by atoms with E-state index in [0.717, 1.165) is 12.3 Å². The lowest BCUT2D eigenvalue weighted by molar-refractivity contribution is 0.515. The summed E-state index contributed by atoms with van der Waals surface area (Å²) in [6.07, 6.45) is 4.91. The highest BCUT2D eigenvalue weighted by Crippen LogP contribution is 2.09. The van der Waals surface area contributed by atoms with Crippen molar-refractivity contribution in [1.82, 2.24) is 0 Å². The first-order valence-electron chi connectivity index (χ1n) is 3.34. The van der Waals surface area contributed by atoms with Gasteiger partial charge in [-0.1, -0.05) is 26.7 Å². The maximum absolute atomic E-state index is 6.81. The van der Waals surface area contributed by atoms with Crippen LogP contribution in [0, 0.1) is 11.3 Å². The lowest BCUT2D eigenvalue weighted by Crippen LogP contribution is -1.95. The van der Waals surface area contributed by atoms with E-state index in [0.29, 0.717) is 0 Å². The van der Waals surface area contributed by atoms with Gasteiger partial charge < -0.3 is 5.41 Å². The molecule has 0 rings (SSSR count). The molecule has 0 atom stereocenters. The molecule has 0 heterocycles. The quantitative estimate of drug-likeness (QED) is 0.541. The van der Waals surface area contributed by atoms with Crippen LogP contribution in [0.1, 0.15) is 33.1 Å². The third kappa shape index (κ3) is 2.78. The normalized spacial score (nSPS) is 9.88. The van der Waals surface area contributed by atoms with E-state index in [9.17, 15) is 0 Å². The van der Waals surface area contributed by atoms with Crippen molar-refractivity contribution in [3.05, 3.63) is 0 Å². The van der Waals surface area contributed by atoms with Crippen molar-refractivity contribution < 1.29 is 0 Å². The predicted molar refractivity (Wildman–Crippen MR) is 37.5 cm³/mol. The maximum Gasteiger partial charge on any atom is -0.00450 e. The van der Waals surface area contributed by atoms with Gasteiger partial charge in [-0.15, -0.1) is 0 Å². The topological polar surface area (TPSA) is 23.9 Å². The summed E-state index contributed by atoms with van der Waals surface area (Å²) in [7, 11) is 0. The van der Waals surface area contributed by atoms with E-state index in [1.165, 1.54) is 19.1 Å². The Bertz CT molecular complexity index is 55.4. The molecule has 8 heavy (non-hydrogen) atoms. The second-order valence-electron chi connectivity index (χ2n) is 2.12. The van der Waals surface area contributed by atoms with Crippen LogP contribution in [0.3, 0.4) is 0 Å². The summed E-state index contributed by atoms with van der Waals surface area (Å²) in [6.45, 7) is 4.36. The van der Waals surface area contributed by atoms with E-state index in [1.54, 1.807) is 0 Å². The van der Waals surface area contributed by atoms with Crippen molar-refractivity contribution in [2.24, 2.45) is 5.92 Å². The average molecular weight is 113 g/mol. The van der Waals surface area contributed by atoms with Crippen LogP contribution in [0.2, 0.25) is 0 Å². The molecule has 0 aromatic carbocycles. The zero-order valence-corrected chi connectivity index (χ0v) is 5.78. The Morgan fingerprint density at radius 2 is 1.88 bits per heavy atom. The van der Waals surface area contributed by atoms with E-state index in [4.69, 9.17) is 5.41 Å². The summed E-state index contributed by atoms with van der Waals surface area (Å²) in [5, 5.41) is 6.81. The Hall–Kier alpha value is -0.330. The molecule has 0 fully saturated rings. The van der Waals surface area contributed by atoms with Crippen LogP contribution < -0.4 is 0 Å². The first-order valence-corrected chi connectivity index (χ1v) is 3.34. The average Bonchev–Trinajstić information content (AvgIpc) is 1.83. The van der Waals surface area contributed by atoms with Gasteiger partial charge in [0.05, 0.1) is 0 Å². The molecule has 0 aliphatic heterocycles. The Balaban J connectivity index is 3.20. The Kier molecular flexibility index (Phi) is 4.62. The van der Waals surface area contributed by atoms with Crippen LogP contribution >= 0.6 is 0 Å². The molecule has 48 valence electrons. The molecule has 0 aromatic rings. The Morgan fingerprint density at radius 1 is 1.38 bits per heavy atom. The van der Waals surface area contributed by atoms with Gasteiger partial charge in [-0.3, -0.25) is 0 Å². The molecule has 0 saturated carbocycles. The molecule has 1 nitrogen and oxygen atoms in total. The van der Waals surface area contributed by atoms with Gasteiger partial charge in [-0.2, -0.15) is 0 Å². The van der Waals surface area contributed by atoms with Crippen LogP contribution in [0.5, 0.6) is 0 Å². The Morgan fingerprint density at radius 3 is 2.00 bits per heavy atom. The highest BCUT2D eigenvalue weighted by Gasteiger charge is 1.98. The molecule has 0 spiro atoms. The molecule has 0 radical (unpaired) electrons. The van der Waals surface area contributed by atoms with Crippen LogP contribution in [-0.2, 0) is 0 Å². The highest BCUT2D eigenvalue weighted by atomic mass is 14.3. The molecule has 1 N–H and O–H groups in total. The van der Waals surface area contributed by atoms with Gasteiger partial charge in [-0.25, -0.2) is 0 Å². The molecular formula is C7H15N. The van der Waals surface area contributed by atoms with Gasteiger partial charge in [-0.05, 0) is 18.6 Å². The lowest BCUT2D eigenvalue weighted by Gasteiger charge is -2.05. The third-order valence-electron chi connectivity index (χ3n) is 1.61. The molecule has 0 bridgehead atoms. The summed E-state index contributed by atoms with van der Waals surface area (Å²) < 4.78 is 0. The summed E-state index contributed by atoms with van der Waals surface area (Å²) in [5.41, 5.74) is 0. The largest absolute Gasteiger partial charge is 0.313 e. The van der Waals surface area contributed by atoms with Crippen molar-refractivity contribution in [2.75, 3.05) is 0 Å². The van der Waals surface area contributed by atoms with Gasteiger partial charge in [0.25, 0.3) is 0 Å². The number of hydrogen-bond donors (Lipinski definition) is 1. The van der Waals surface area contributed by atoms with Crippen molar-refractivity contribution in [1.29, 1.82) is 5.41 Å². The zero-order valence-electron chi connectivity index (χ0n) is 5.78. The van der Waals surface area contributed by atoms with Crippen LogP contribution in [0.4, 0.5) is 0 Å². The van der Waals surface area contributed by atoms with Crippen molar-refractivity contribution in [3.63, 3.8) is 0 Å². The standard InChI is InChI=1S/C7H15N/c1-3-7(4-2)5-6-8/h6-8H,3-5H2,1-2H3. The summed E-state index contributed by atoms with van der Waals surface area (Å²) in [5.74, 6) is 0.757. The highest BCUT2D eigenvalue weighted by molar-refractivity contribution is 5.53. The third-order valence-corrected chi connectivity index (χ3v) is 1.61. The van der Waals surface area contributed by atoms with Gasteiger partial charge in [0, 0.05) is 0 Å². The second kappa shape index (κ2) is 4.82. The van der Waals surface area contributed by atoms with E-state index in [2.05, 4.69) is 13.8 Å². The van der Waals surface area contributed by atoms with Gasteiger partial charge in [0.2, 0.25) is 0 Å². The number of nitrogens with one attached hydrogen (secondary N) is 1. The lowest BCUT2D eigenvalue weighted by atomic mass is 10.0. The van der Waals surface area contributed by atoms with Crippen LogP contribution in [0.15, 0.2) is 0 Å². The minimum atomic E-state index is 0.757. The second-order valence-corrected chi connectivity index (χ2v) is 2.12. The minimum absolute atomic E-state index is 0.757. The summed E-state index contributed by atoms with van der Waals surface area (Å²) >= 11 is 0. The van der Waals surface area contributed by atoms with Crippen molar-refractivity contribution >= 4 is 6.21 Å². The van der Waals surface area contributed by atoms with Crippen LogP contribution in [-0.4, -0.2) is 6.21 Å². The molecule has 0 unspecified atom stereocenters. The fourth-order valence-corrected chi connectivity index (χ4v) is 0.789. The SMILES string of the molecule is CCC(CC)CC=N. The first kappa shape index (κ1) is 7.67. The smallest absolute Gasteiger partial charge is 0.00450 e. The molecule has 0 aliphatic carbocycles. The molecule has 1 heteroatoms. The number of hydrogen-bond acceptors (Lipinski definition) is 1. The molecular weight excluding hydrogens is 98.1 g/mol. The molecule has 0 aromatic heterocycles. The number of rotatable bonds is 4. The van der Waals surface area contributed by atoms with Gasteiger partial charge >= 0.3 is 0 Å². The minimum Gasteiger partial charge on any atom is -0.313 e. The summed E-state index contributed by atoms with van der Waals surface area (Å²) in [6, 6.07) is 0. The van der Waals surface area contributed by atoms with Gasteiger partial charge in [0.1, 0.15) is 0 Å². The van der Waals surface area contributed by atoms with E-state index >= 15 is 0 Å². The monoisotopic (exact) mass is 113 g/mol. The molecule has 0 aliphatic rings. The molecule has 0 saturated heterocycles. The van der Waals surface area contributed by atoms with E-state index in [1.807, 2.05) is 0 Å². The predicted octanol–water partition coefficient (Wildman–Crippen LogP) is 2.46. The van der Waals surface area contributed by atoms with Crippen LogP contribution in [0.25, 0.3) is 0 Å². The van der Waals surface area contributed by atoms with Gasteiger partial charge in [0.15, 0.2) is 0 Å². The van der Waals surface area contributed by atoms with Crippen molar-refractivity contribution in [2.45, 2.75) is 33.1 Å². The fourth-order valence-electron chi connectivity index (χ4n) is 0.789. The van der Waals surface area contributed by atoms with Crippen molar-refractivity contribution in [3.8, 4) is 0 Å². The zero-order chi connectivity index (χ0) is 6.41. The van der Waals surface area contributed by atoms with E-state index < -0.39 is 0 Å². The fraction of sp³-hybridized carbons (Fsp3) is 0.857. The first-order chi connectivity index (χ1) is 3.85. The molecule has 0 amide bonds. The maximum atomic E-state index is 6.81. The van der Waals surface area contributed by atoms with E-state index in [-0.39, 0.29) is 0 Å². The summed E-state index contributed by atoms with van der Waals surface area (Å²) in [4.78, 5) is 0.